The second kappa shape index (κ2) is 7.43. The molecule has 0 saturated heterocycles. The number of nitrogens with zero attached hydrogens (tertiary/aromatic N) is 1. The Morgan fingerprint density at radius 1 is 1.39 bits per heavy atom. The third-order valence-electron chi connectivity index (χ3n) is 3.92. The maximum atomic E-state index is 10.8. The zero-order valence-corrected chi connectivity index (χ0v) is 13.7. The summed E-state index contributed by atoms with van der Waals surface area (Å²) in [5.74, 6) is 0.0906. The highest BCUT2D eigenvalue weighted by atomic mass is 16.7. The van der Waals surface area contributed by atoms with Gasteiger partial charge in [0.1, 0.15) is 5.84 Å². The number of nitrogens with one attached hydrogen (secondary N) is 2. The normalized spacial score (nSPS) is 16.4. The average Bonchev–Trinajstić information content (AvgIpc) is 2.73. The Labute approximate surface area is 135 Å². The molecule has 0 bridgehead atoms. The number of carbonyl (C=O) groups is 1. The van der Waals surface area contributed by atoms with Gasteiger partial charge in [-0.2, -0.15) is 0 Å². The number of methoxy groups -OCH3 is 2. The van der Waals surface area contributed by atoms with Crippen LogP contribution < -0.4 is 10.6 Å². The number of benzene rings is 1. The quantitative estimate of drug-likeness (QED) is 0.725. The largest absolute Gasteiger partial charge is 0.465 e. The van der Waals surface area contributed by atoms with Crippen LogP contribution in [-0.2, 0) is 15.9 Å². The Morgan fingerprint density at radius 3 is 2.78 bits per heavy atom. The van der Waals surface area contributed by atoms with E-state index in [0.29, 0.717) is 12.2 Å². The second-order valence-electron chi connectivity index (χ2n) is 5.59. The van der Waals surface area contributed by atoms with Crippen molar-refractivity contribution in [3.05, 3.63) is 23.8 Å². The Bertz CT molecular complexity index is 597. The van der Waals surface area contributed by atoms with Gasteiger partial charge >= 0.3 is 6.09 Å². The van der Waals surface area contributed by atoms with Gasteiger partial charge in [0.05, 0.1) is 6.54 Å². The van der Waals surface area contributed by atoms with E-state index in [1.54, 1.807) is 26.4 Å². The number of aliphatic imine (C=N–C) groups is 1. The topological polar surface area (TPSA) is 92.2 Å². The molecule has 23 heavy (non-hydrogen) atoms. The van der Waals surface area contributed by atoms with E-state index in [-0.39, 0.29) is 0 Å². The molecule has 0 saturated carbocycles. The summed E-state index contributed by atoms with van der Waals surface area (Å²) in [6, 6.07) is 5.49. The van der Waals surface area contributed by atoms with E-state index in [0.717, 1.165) is 36.3 Å². The lowest BCUT2D eigenvalue weighted by Crippen LogP contribution is -2.34. The van der Waals surface area contributed by atoms with Gasteiger partial charge in [-0.25, -0.2) is 4.79 Å². The number of carboxylic acid groups (broad SMARTS) is 1. The molecule has 1 aromatic rings. The smallest absolute Gasteiger partial charge is 0.409 e. The molecule has 7 nitrogen and oxygen atoms in total. The number of anilines is 2. The van der Waals surface area contributed by atoms with E-state index in [9.17, 15) is 4.79 Å². The number of amides is 1. The first-order valence-corrected chi connectivity index (χ1v) is 7.49. The van der Waals surface area contributed by atoms with Crippen LogP contribution in [0.2, 0.25) is 0 Å². The Balaban J connectivity index is 2.17. The minimum Gasteiger partial charge on any atom is -0.465 e. The molecular formula is C16H23N3O4. The maximum absolute atomic E-state index is 10.8. The molecule has 0 aliphatic carbocycles. The van der Waals surface area contributed by atoms with Crippen molar-refractivity contribution in [3.8, 4) is 0 Å². The van der Waals surface area contributed by atoms with E-state index in [2.05, 4.69) is 15.6 Å². The summed E-state index contributed by atoms with van der Waals surface area (Å²) in [5, 5.41) is 14.5. The number of hydrogen-bond donors (Lipinski definition) is 3. The minimum atomic E-state index is -1.08. The minimum absolute atomic E-state index is 0.380. The van der Waals surface area contributed by atoms with Crippen LogP contribution in [0.1, 0.15) is 25.3 Å². The number of amidine groups is 1. The summed E-state index contributed by atoms with van der Waals surface area (Å²) < 4.78 is 10.6. The second-order valence-corrected chi connectivity index (χ2v) is 5.59. The van der Waals surface area contributed by atoms with Crippen LogP contribution in [0.15, 0.2) is 23.2 Å². The fraction of sp³-hybridized carbons (Fsp3) is 0.500. The first-order valence-electron chi connectivity index (χ1n) is 7.49. The zero-order valence-electron chi connectivity index (χ0n) is 13.7. The van der Waals surface area contributed by atoms with Crippen LogP contribution in [0.4, 0.5) is 16.2 Å². The van der Waals surface area contributed by atoms with Gasteiger partial charge in [0.25, 0.3) is 0 Å². The van der Waals surface area contributed by atoms with Crippen LogP contribution >= 0.6 is 0 Å². The highest BCUT2D eigenvalue weighted by Crippen LogP contribution is 2.26. The van der Waals surface area contributed by atoms with Gasteiger partial charge in [-0.05, 0) is 37.5 Å². The summed E-state index contributed by atoms with van der Waals surface area (Å²) in [6.07, 6.45) is 1.63. The van der Waals surface area contributed by atoms with Gasteiger partial charge < -0.3 is 19.9 Å². The SMILES string of the molecule is COC(C)(CN=C1CCCc2ccc(NC(=O)O)cc2N1)OC. The highest BCUT2D eigenvalue weighted by molar-refractivity contribution is 5.97. The van der Waals surface area contributed by atoms with Crippen molar-refractivity contribution in [1.82, 2.24) is 0 Å². The van der Waals surface area contributed by atoms with Gasteiger partial charge in [-0.15, -0.1) is 0 Å². The Morgan fingerprint density at radius 2 is 2.13 bits per heavy atom. The molecule has 3 N–H and O–H groups in total. The summed E-state index contributed by atoms with van der Waals surface area (Å²) in [6.45, 7) is 2.21. The van der Waals surface area contributed by atoms with Gasteiger partial charge in [0.15, 0.2) is 5.79 Å². The highest BCUT2D eigenvalue weighted by Gasteiger charge is 2.22. The van der Waals surface area contributed by atoms with Crippen LogP contribution in [0.25, 0.3) is 0 Å². The van der Waals surface area contributed by atoms with Crippen molar-refractivity contribution in [3.63, 3.8) is 0 Å². The number of aryl methyl sites for hydroxylation is 1. The molecule has 0 aromatic heterocycles. The molecule has 1 amide bonds. The molecule has 0 unspecified atom stereocenters. The lowest BCUT2D eigenvalue weighted by molar-refractivity contribution is -0.184. The number of hydrogen-bond acceptors (Lipinski definition) is 4. The zero-order chi connectivity index (χ0) is 16.9. The lowest BCUT2D eigenvalue weighted by atomic mass is 10.1. The molecule has 0 spiro atoms. The fourth-order valence-electron chi connectivity index (χ4n) is 2.35. The molecule has 1 aliphatic heterocycles. The van der Waals surface area contributed by atoms with Gasteiger partial charge in [0.2, 0.25) is 0 Å². The summed E-state index contributed by atoms with van der Waals surface area (Å²) in [4.78, 5) is 15.3. The van der Waals surface area contributed by atoms with Crippen molar-refractivity contribution < 1.29 is 19.4 Å². The number of fused-ring (bicyclic) bond motifs is 1. The number of rotatable bonds is 5. The van der Waals surface area contributed by atoms with Gasteiger partial charge in [-0.1, -0.05) is 6.07 Å². The molecule has 0 atom stereocenters. The van der Waals surface area contributed by atoms with E-state index in [4.69, 9.17) is 14.6 Å². The summed E-state index contributed by atoms with van der Waals surface area (Å²) >= 11 is 0. The lowest BCUT2D eigenvalue weighted by Gasteiger charge is -2.24. The third-order valence-corrected chi connectivity index (χ3v) is 3.92. The number of ether oxygens (including phenoxy) is 2. The fourth-order valence-corrected chi connectivity index (χ4v) is 2.35. The molecule has 7 heteroatoms. The average molecular weight is 321 g/mol. The third kappa shape index (κ3) is 4.67. The van der Waals surface area contributed by atoms with Crippen LogP contribution in [0.3, 0.4) is 0 Å². The predicted octanol–water partition coefficient (Wildman–Crippen LogP) is 2.93. The Hall–Kier alpha value is -2.12. The van der Waals surface area contributed by atoms with E-state index in [1.165, 1.54) is 0 Å². The molecule has 1 aliphatic rings. The van der Waals surface area contributed by atoms with E-state index < -0.39 is 11.9 Å². The standard InChI is InChI=1S/C16H23N3O4/c1-16(22-2,23-3)10-17-14-6-4-5-11-7-8-12(18-15(20)21)9-13(11)19-14/h7-9,18H,4-6,10H2,1-3H3,(H,17,19)(H,20,21). The molecular weight excluding hydrogens is 298 g/mol. The van der Waals surface area contributed by atoms with Crippen molar-refractivity contribution >= 4 is 23.3 Å². The van der Waals surface area contributed by atoms with Gasteiger partial charge in [0, 0.05) is 32.0 Å². The first kappa shape index (κ1) is 17.2. The molecule has 126 valence electrons. The van der Waals surface area contributed by atoms with Crippen LogP contribution in [-0.4, -0.2) is 43.6 Å². The molecule has 2 rings (SSSR count). The summed E-state index contributed by atoms with van der Waals surface area (Å²) in [5.41, 5.74) is 2.56. The first-order chi connectivity index (χ1) is 11.0. The maximum Gasteiger partial charge on any atom is 0.409 e. The van der Waals surface area contributed by atoms with Gasteiger partial charge in [-0.3, -0.25) is 10.3 Å². The summed E-state index contributed by atoms with van der Waals surface area (Å²) in [7, 11) is 3.17. The van der Waals surface area contributed by atoms with E-state index in [1.807, 2.05) is 13.0 Å². The van der Waals surface area contributed by atoms with Crippen molar-refractivity contribution in [2.24, 2.45) is 4.99 Å². The van der Waals surface area contributed by atoms with Crippen LogP contribution in [0.5, 0.6) is 0 Å². The molecule has 0 radical (unpaired) electrons. The van der Waals surface area contributed by atoms with Crippen LogP contribution in [0, 0.1) is 0 Å². The molecule has 1 heterocycles. The monoisotopic (exact) mass is 321 g/mol. The van der Waals surface area contributed by atoms with Crippen molar-refractivity contribution in [2.75, 3.05) is 31.4 Å². The Kier molecular flexibility index (Phi) is 5.57. The predicted molar refractivity (Wildman–Crippen MR) is 89.4 cm³/mol. The molecule has 0 fully saturated rings. The van der Waals surface area contributed by atoms with Crippen molar-refractivity contribution in [1.29, 1.82) is 0 Å². The van der Waals surface area contributed by atoms with Crippen molar-refractivity contribution in [2.45, 2.75) is 32.0 Å². The van der Waals surface area contributed by atoms with E-state index >= 15 is 0 Å². The molecule has 1 aromatic carbocycles.